The number of fused-ring (bicyclic) bond motifs is 1. The van der Waals surface area contributed by atoms with E-state index < -0.39 is 6.10 Å². The zero-order chi connectivity index (χ0) is 23.3. The van der Waals surface area contributed by atoms with Crippen LogP contribution in [0.4, 0.5) is 0 Å². The van der Waals surface area contributed by atoms with Gasteiger partial charge in [0.2, 0.25) is 0 Å². The molecular formula is C26H37N3O2S. The predicted molar refractivity (Wildman–Crippen MR) is 133 cm³/mol. The highest BCUT2D eigenvalue weighted by Gasteiger charge is 2.23. The monoisotopic (exact) mass is 455 g/mol. The number of imidazole rings is 1. The van der Waals surface area contributed by atoms with Crippen molar-refractivity contribution < 1.29 is 9.90 Å². The number of aliphatic hydroxyl groups excluding tert-OH is 1. The number of carbonyl (C=O) groups is 1. The lowest BCUT2D eigenvalue weighted by atomic mass is 9.97. The molecular weight excluding hydrogens is 418 g/mol. The molecule has 32 heavy (non-hydrogen) atoms. The molecule has 2 atom stereocenters. The standard InChI is InChI=1S/C26H37N3O2S/c1-6-19(7-2)29-23-12-11-18(26(31)28-22(14-17(4)5)24(30)8-3)15-21(23)27-25(29)16-20-10-9-13-32-20/h9-13,15,17,19,22,24,30H,6-8,14,16H2,1-5H3,(H,28,31)/t22-,24-/m0/s1. The van der Waals surface area contributed by atoms with Crippen LogP contribution in [0.1, 0.15) is 87.4 Å². The largest absolute Gasteiger partial charge is 0.391 e. The van der Waals surface area contributed by atoms with Crippen molar-refractivity contribution in [2.45, 2.75) is 84.9 Å². The number of aromatic nitrogens is 2. The highest BCUT2D eigenvalue weighted by molar-refractivity contribution is 7.09. The van der Waals surface area contributed by atoms with Gasteiger partial charge in [-0.15, -0.1) is 11.3 Å². The third kappa shape index (κ3) is 5.59. The number of rotatable bonds is 11. The second-order valence-electron chi connectivity index (χ2n) is 9.01. The van der Waals surface area contributed by atoms with E-state index in [2.05, 4.69) is 55.1 Å². The lowest BCUT2D eigenvalue weighted by Gasteiger charge is -2.25. The van der Waals surface area contributed by atoms with E-state index in [0.29, 0.717) is 23.9 Å². The Morgan fingerprint density at radius 3 is 2.50 bits per heavy atom. The SMILES string of the molecule is CCC(CC)n1c(Cc2cccs2)nc2cc(C(=O)N[C@@H](CC(C)C)[C@@H](O)CC)ccc21. The van der Waals surface area contributed by atoms with Gasteiger partial charge >= 0.3 is 0 Å². The minimum Gasteiger partial charge on any atom is -0.391 e. The molecule has 0 unspecified atom stereocenters. The van der Waals surface area contributed by atoms with E-state index in [1.165, 1.54) is 4.88 Å². The molecule has 0 aliphatic heterocycles. The number of amides is 1. The third-order valence-electron chi connectivity index (χ3n) is 6.17. The van der Waals surface area contributed by atoms with Gasteiger partial charge in [-0.25, -0.2) is 4.98 Å². The summed E-state index contributed by atoms with van der Waals surface area (Å²) in [5.41, 5.74) is 2.52. The Morgan fingerprint density at radius 2 is 1.91 bits per heavy atom. The van der Waals surface area contributed by atoms with Gasteiger partial charge in [0.05, 0.1) is 23.2 Å². The van der Waals surface area contributed by atoms with Crippen LogP contribution < -0.4 is 5.32 Å². The molecule has 3 aromatic rings. The van der Waals surface area contributed by atoms with Crippen LogP contribution in [0.25, 0.3) is 11.0 Å². The summed E-state index contributed by atoms with van der Waals surface area (Å²) in [7, 11) is 0. The van der Waals surface area contributed by atoms with Gasteiger partial charge in [0.25, 0.3) is 5.91 Å². The van der Waals surface area contributed by atoms with Crippen LogP contribution in [0.2, 0.25) is 0 Å². The average molecular weight is 456 g/mol. The lowest BCUT2D eigenvalue weighted by Crippen LogP contribution is -2.43. The van der Waals surface area contributed by atoms with Gasteiger partial charge in [-0.2, -0.15) is 0 Å². The fraction of sp³-hybridized carbons (Fsp3) is 0.538. The molecule has 0 saturated heterocycles. The van der Waals surface area contributed by atoms with E-state index in [9.17, 15) is 9.90 Å². The van der Waals surface area contributed by atoms with E-state index in [1.54, 1.807) is 11.3 Å². The second kappa shape index (κ2) is 11.1. The molecule has 3 rings (SSSR count). The van der Waals surface area contributed by atoms with Crippen LogP contribution in [-0.2, 0) is 6.42 Å². The summed E-state index contributed by atoms with van der Waals surface area (Å²) in [6, 6.07) is 10.2. The summed E-state index contributed by atoms with van der Waals surface area (Å²) in [6.45, 7) is 10.6. The molecule has 0 aliphatic carbocycles. The number of aliphatic hydroxyl groups is 1. The topological polar surface area (TPSA) is 67.2 Å². The maximum Gasteiger partial charge on any atom is 0.251 e. The second-order valence-corrected chi connectivity index (χ2v) is 10.0. The van der Waals surface area contributed by atoms with Gasteiger partial charge in [-0.1, -0.05) is 40.7 Å². The molecule has 0 aliphatic rings. The Labute approximate surface area is 195 Å². The molecule has 0 saturated carbocycles. The third-order valence-corrected chi connectivity index (χ3v) is 7.05. The number of thiophene rings is 1. The molecule has 0 fully saturated rings. The van der Waals surface area contributed by atoms with Crippen LogP contribution in [0.15, 0.2) is 35.7 Å². The molecule has 174 valence electrons. The fourth-order valence-electron chi connectivity index (χ4n) is 4.40. The smallest absolute Gasteiger partial charge is 0.251 e. The number of nitrogens with one attached hydrogen (secondary N) is 1. The summed E-state index contributed by atoms with van der Waals surface area (Å²) in [6.07, 6.45) is 3.68. The van der Waals surface area contributed by atoms with Gasteiger partial charge < -0.3 is 15.0 Å². The highest BCUT2D eigenvalue weighted by atomic mass is 32.1. The fourth-order valence-corrected chi connectivity index (χ4v) is 5.10. The summed E-state index contributed by atoms with van der Waals surface area (Å²) < 4.78 is 2.36. The molecule has 6 heteroatoms. The van der Waals surface area contributed by atoms with Crippen molar-refractivity contribution in [1.82, 2.24) is 14.9 Å². The van der Waals surface area contributed by atoms with Crippen LogP contribution in [0, 0.1) is 5.92 Å². The first-order valence-electron chi connectivity index (χ1n) is 11.9. The van der Waals surface area contributed by atoms with Gasteiger partial charge in [0.15, 0.2) is 0 Å². The summed E-state index contributed by atoms with van der Waals surface area (Å²) in [5, 5.41) is 15.5. The first-order valence-corrected chi connectivity index (χ1v) is 12.8. The Bertz CT molecular complexity index is 1010. The quantitative estimate of drug-likeness (QED) is 0.374. The Kier molecular flexibility index (Phi) is 8.49. The van der Waals surface area contributed by atoms with Crippen LogP contribution in [0.5, 0.6) is 0 Å². The van der Waals surface area contributed by atoms with Crippen molar-refractivity contribution in [2.24, 2.45) is 5.92 Å². The van der Waals surface area contributed by atoms with Gasteiger partial charge in [-0.05, 0) is 61.2 Å². The van der Waals surface area contributed by atoms with Crippen LogP contribution in [-0.4, -0.2) is 32.7 Å². The number of hydrogen-bond acceptors (Lipinski definition) is 4. The molecule has 2 heterocycles. The van der Waals surface area contributed by atoms with Gasteiger partial charge in [-0.3, -0.25) is 4.79 Å². The van der Waals surface area contributed by atoms with Crippen molar-refractivity contribution in [3.05, 3.63) is 52.0 Å². The molecule has 2 aromatic heterocycles. The van der Waals surface area contributed by atoms with E-state index in [-0.39, 0.29) is 11.9 Å². The van der Waals surface area contributed by atoms with Crippen molar-refractivity contribution in [2.75, 3.05) is 0 Å². The Morgan fingerprint density at radius 1 is 1.16 bits per heavy atom. The minimum atomic E-state index is -0.545. The first kappa shape index (κ1) is 24.5. The Balaban J connectivity index is 1.94. The summed E-state index contributed by atoms with van der Waals surface area (Å²) in [4.78, 5) is 19.3. The van der Waals surface area contributed by atoms with Gasteiger partial charge in [0, 0.05) is 22.9 Å². The van der Waals surface area contributed by atoms with Crippen molar-refractivity contribution in [1.29, 1.82) is 0 Å². The molecule has 1 aromatic carbocycles. The van der Waals surface area contributed by atoms with E-state index in [0.717, 1.165) is 42.5 Å². The van der Waals surface area contributed by atoms with E-state index >= 15 is 0 Å². The van der Waals surface area contributed by atoms with Crippen LogP contribution in [0.3, 0.4) is 0 Å². The zero-order valence-electron chi connectivity index (χ0n) is 20.0. The van der Waals surface area contributed by atoms with E-state index in [4.69, 9.17) is 4.98 Å². The molecule has 0 bridgehead atoms. The molecule has 2 N–H and O–H groups in total. The van der Waals surface area contributed by atoms with Crippen molar-refractivity contribution in [3.63, 3.8) is 0 Å². The zero-order valence-corrected chi connectivity index (χ0v) is 20.8. The number of carbonyl (C=O) groups excluding carboxylic acids is 1. The van der Waals surface area contributed by atoms with Crippen molar-refractivity contribution >= 4 is 28.3 Å². The molecule has 5 nitrogen and oxygen atoms in total. The maximum absolute atomic E-state index is 13.0. The average Bonchev–Trinajstić information content (AvgIpc) is 3.41. The van der Waals surface area contributed by atoms with E-state index in [1.807, 2.05) is 25.1 Å². The normalized spacial score (nSPS) is 13.8. The highest BCUT2D eigenvalue weighted by Crippen LogP contribution is 2.28. The molecule has 1 amide bonds. The molecule has 0 spiro atoms. The number of benzene rings is 1. The molecule has 0 radical (unpaired) electrons. The maximum atomic E-state index is 13.0. The number of nitrogens with zero attached hydrogens (tertiary/aromatic N) is 2. The predicted octanol–water partition coefficient (Wildman–Crippen LogP) is 5.97. The van der Waals surface area contributed by atoms with Crippen molar-refractivity contribution in [3.8, 4) is 0 Å². The Hall–Kier alpha value is -2.18. The minimum absolute atomic E-state index is 0.151. The summed E-state index contributed by atoms with van der Waals surface area (Å²) in [5.74, 6) is 1.29. The summed E-state index contributed by atoms with van der Waals surface area (Å²) >= 11 is 1.75. The van der Waals surface area contributed by atoms with Gasteiger partial charge in [0.1, 0.15) is 5.82 Å². The number of hydrogen-bond donors (Lipinski definition) is 2. The first-order chi connectivity index (χ1) is 15.4. The lowest BCUT2D eigenvalue weighted by molar-refractivity contribution is 0.0793. The van der Waals surface area contributed by atoms with Crippen LogP contribution >= 0.6 is 11.3 Å².